The molecule has 1 aliphatic heterocycles. The third-order valence-corrected chi connectivity index (χ3v) is 4.19. The average molecular weight is 294 g/mol. The van der Waals surface area contributed by atoms with Crippen LogP contribution in [0.5, 0.6) is 0 Å². The molecular weight excluding hydrogens is 272 g/mol. The molecule has 7 unspecified atom stereocenters. The first-order valence-corrected chi connectivity index (χ1v) is 6.72. The predicted octanol–water partition coefficient (Wildman–Crippen LogP) is -5.04. The Bertz CT molecular complexity index is 344. The number of fused-ring (bicyclic) bond motifs is 1. The summed E-state index contributed by atoms with van der Waals surface area (Å²) < 4.78 is 0. The number of hydrogen-bond acceptors (Lipinski definition) is 6. The minimum absolute atomic E-state index is 0.241. The predicted molar refractivity (Wildman–Crippen MR) is 64.7 cm³/mol. The second kappa shape index (κ2) is 5.77. The van der Waals surface area contributed by atoms with Gasteiger partial charge in [-0.3, -0.25) is 0 Å². The van der Waals surface area contributed by atoms with Crippen LogP contribution >= 0.6 is 0 Å². The molecule has 0 bridgehead atoms. The van der Waals surface area contributed by atoms with E-state index in [1.165, 1.54) is 20.9 Å². The Morgan fingerprint density at radius 2 is 1.75 bits per heavy atom. The minimum Gasteiger partial charge on any atom is -0.632 e. The van der Waals surface area contributed by atoms with Crippen molar-refractivity contribution in [3.63, 3.8) is 0 Å². The lowest BCUT2D eigenvalue weighted by atomic mass is 9.88. The molecule has 7 atom stereocenters. The molecule has 1 saturated carbocycles. The van der Waals surface area contributed by atoms with E-state index in [1.54, 1.807) is 0 Å². The summed E-state index contributed by atoms with van der Waals surface area (Å²) in [5.41, 5.74) is -1.17. The van der Waals surface area contributed by atoms with Crippen LogP contribution < -0.4 is 20.7 Å². The van der Waals surface area contributed by atoms with E-state index < -0.39 is 39.5 Å². The highest BCUT2D eigenvalue weighted by atomic mass is 17.1. The second-order valence-corrected chi connectivity index (χ2v) is 5.95. The van der Waals surface area contributed by atoms with E-state index >= 15 is 0 Å². The summed E-state index contributed by atoms with van der Waals surface area (Å²) in [5, 5.41) is 44.6. The Morgan fingerprint density at radius 1 is 1.15 bits per heavy atom. The van der Waals surface area contributed by atoms with Gasteiger partial charge in [0.1, 0.15) is 6.04 Å². The lowest BCUT2D eigenvalue weighted by molar-refractivity contribution is -1.27. The maximum absolute atomic E-state index is 12.1. The van der Waals surface area contributed by atoms with Gasteiger partial charge in [-0.2, -0.15) is 10.5 Å². The highest BCUT2D eigenvalue weighted by Gasteiger charge is 2.50. The second-order valence-electron chi connectivity index (χ2n) is 5.95. The number of rotatable bonds is 4. The van der Waals surface area contributed by atoms with Crippen LogP contribution in [0.2, 0.25) is 0 Å². The maximum Gasteiger partial charge on any atom is 0.246 e. The quantitative estimate of drug-likeness (QED) is 0.233. The van der Waals surface area contributed by atoms with E-state index in [9.17, 15) is 20.8 Å². The topological polar surface area (TPSA) is 128 Å². The number of hydrogen-bond donors (Lipinski definition) is 4. The number of hydroxylamine groups is 8. The molecule has 0 spiro atoms. The molecule has 1 saturated heterocycles. The van der Waals surface area contributed by atoms with Crippen molar-refractivity contribution < 1.29 is 30.5 Å². The lowest BCUT2D eigenvalue weighted by Crippen LogP contribution is -3.22. The third kappa shape index (κ3) is 3.09. The smallest absolute Gasteiger partial charge is 0.246 e. The van der Waals surface area contributed by atoms with Gasteiger partial charge in [0.25, 0.3) is 0 Å². The molecular formula is C10H22N4O6. The molecule has 0 aromatic rings. The van der Waals surface area contributed by atoms with Crippen molar-refractivity contribution in [3.05, 3.63) is 20.8 Å². The minimum atomic E-state index is -1.17. The van der Waals surface area contributed by atoms with Crippen molar-refractivity contribution >= 4 is 0 Å². The summed E-state index contributed by atoms with van der Waals surface area (Å²) in [6.45, 7) is 3.07. The van der Waals surface area contributed by atoms with Crippen molar-refractivity contribution in [1.82, 2.24) is 0 Å². The molecule has 1 aliphatic carbocycles. The van der Waals surface area contributed by atoms with Crippen molar-refractivity contribution in [2.45, 2.75) is 57.0 Å². The van der Waals surface area contributed by atoms with Crippen LogP contribution in [0, 0.1) is 20.8 Å². The molecule has 0 aromatic carbocycles. The van der Waals surface area contributed by atoms with Gasteiger partial charge in [-0.05, 0) is 4.94 Å². The van der Waals surface area contributed by atoms with Crippen molar-refractivity contribution in [3.8, 4) is 0 Å². The van der Waals surface area contributed by atoms with Crippen LogP contribution in [0.3, 0.4) is 0 Å². The molecule has 1 heterocycles. The fourth-order valence-electron chi connectivity index (χ4n) is 2.58. The molecule has 0 amide bonds. The van der Waals surface area contributed by atoms with Gasteiger partial charge in [0, 0.05) is 26.7 Å². The molecule has 20 heavy (non-hydrogen) atoms. The Morgan fingerprint density at radius 3 is 2.35 bits per heavy atom. The average Bonchev–Trinajstić information content (AvgIpc) is 2.64. The summed E-state index contributed by atoms with van der Waals surface area (Å²) >= 11 is 0. The SMILES string of the molecule is C[NH+]([O-])C(C)(C)O[NH+]([O-])C1CCC2C(C1)[NH+]([O-])O[NH+]2[O-]. The van der Waals surface area contributed by atoms with E-state index in [1.807, 2.05) is 0 Å². The molecule has 0 aromatic heterocycles. The van der Waals surface area contributed by atoms with Gasteiger partial charge in [0.2, 0.25) is 5.72 Å². The van der Waals surface area contributed by atoms with E-state index in [0.717, 1.165) is 0 Å². The van der Waals surface area contributed by atoms with Crippen LogP contribution in [0.4, 0.5) is 0 Å². The van der Waals surface area contributed by atoms with Gasteiger partial charge in [-0.25, -0.2) is 5.23 Å². The van der Waals surface area contributed by atoms with E-state index in [4.69, 9.17) is 4.84 Å². The summed E-state index contributed by atoms with van der Waals surface area (Å²) in [4.78, 5) is 9.82. The molecule has 10 nitrogen and oxygen atoms in total. The number of nitrogens with one attached hydrogen (secondary N) is 4. The van der Waals surface area contributed by atoms with Crippen LogP contribution in [0.1, 0.15) is 33.1 Å². The zero-order chi connectivity index (χ0) is 15.1. The zero-order valence-corrected chi connectivity index (χ0v) is 11.8. The molecule has 0 radical (unpaired) electrons. The summed E-state index contributed by atoms with van der Waals surface area (Å²) in [6, 6.07) is -1.44. The van der Waals surface area contributed by atoms with E-state index in [2.05, 4.69) is 4.94 Å². The third-order valence-electron chi connectivity index (χ3n) is 4.19. The van der Waals surface area contributed by atoms with Crippen LogP contribution in [-0.2, 0) is 9.78 Å². The molecule has 2 aliphatic rings. The standard InChI is InChI=1S/C10H22N4O6/c1-10(2,11(3)15)19-12(16)7-4-5-8-9(6-7)14(18)20-13(8)17/h7-9,11-14H,4-6H2,1-3H3. The Kier molecular flexibility index (Phi) is 4.61. The number of quaternary nitrogens is 4. The van der Waals surface area contributed by atoms with Crippen molar-refractivity contribution in [2.24, 2.45) is 0 Å². The van der Waals surface area contributed by atoms with Gasteiger partial charge in [-0.15, -0.1) is 4.84 Å². The van der Waals surface area contributed by atoms with Crippen LogP contribution in [0.25, 0.3) is 0 Å². The van der Waals surface area contributed by atoms with Gasteiger partial charge in [-0.1, -0.05) is 0 Å². The largest absolute Gasteiger partial charge is 0.632 e. The highest BCUT2D eigenvalue weighted by Crippen LogP contribution is 2.16. The van der Waals surface area contributed by atoms with Crippen LogP contribution in [0.15, 0.2) is 0 Å². The summed E-state index contributed by atoms with van der Waals surface area (Å²) in [7, 11) is 1.36. The molecule has 2 rings (SSSR count). The normalized spacial score (nSPS) is 41.2. The fraction of sp³-hybridized carbons (Fsp3) is 1.00. The lowest BCUT2D eigenvalue weighted by Gasteiger charge is -2.40. The van der Waals surface area contributed by atoms with Gasteiger partial charge < -0.3 is 25.9 Å². The fourth-order valence-corrected chi connectivity index (χ4v) is 2.58. The monoisotopic (exact) mass is 294 g/mol. The molecule has 10 heteroatoms. The first-order valence-electron chi connectivity index (χ1n) is 6.72. The Hall–Kier alpha value is -0.400. The Labute approximate surface area is 116 Å². The van der Waals surface area contributed by atoms with E-state index in [-0.39, 0.29) is 11.5 Å². The van der Waals surface area contributed by atoms with Gasteiger partial charge in [0.05, 0.1) is 13.5 Å². The zero-order valence-electron chi connectivity index (χ0n) is 11.8. The maximum atomic E-state index is 12.1. The molecule has 4 N–H and O–H groups in total. The van der Waals surface area contributed by atoms with Crippen LogP contribution in [-0.4, -0.2) is 30.9 Å². The summed E-state index contributed by atoms with van der Waals surface area (Å²) in [6.07, 6.45) is 1.16. The molecule has 2 fully saturated rings. The first-order chi connectivity index (χ1) is 9.22. The first kappa shape index (κ1) is 16.0. The van der Waals surface area contributed by atoms with Gasteiger partial charge in [0.15, 0.2) is 12.1 Å². The van der Waals surface area contributed by atoms with Gasteiger partial charge >= 0.3 is 0 Å². The van der Waals surface area contributed by atoms with Crippen molar-refractivity contribution in [1.29, 1.82) is 0 Å². The summed E-state index contributed by atoms with van der Waals surface area (Å²) in [5.74, 6) is 0. The Balaban J connectivity index is 1.94. The molecule has 118 valence electrons. The van der Waals surface area contributed by atoms with E-state index in [0.29, 0.717) is 12.8 Å². The highest BCUT2D eigenvalue weighted by molar-refractivity contribution is 4.79. The van der Waals surface area contributed by atoms with Crippen molar-refractivity contribution in [2.75, 3.05) is 7.05 Å².